The summed E-state index contributed by atoms with van der Waals surface area (Å²) in [7, 11) is -4.41. The number of hydrogen-bond acceptors (Lipinski definition) is 5. The molecule has 0 fully saturated rings. The van der Waals surface area contributed by atoms with Gasteiger partial charge in [-0.25, -0.2) is 0 Å². The third-order valence-corrected chi connectivity index (χ3v) is 3.75. The van der Waals surface area contributed by atoms with Gasteiger partial charge in [0.2, 0.25) is 0 Å². The minimum Gasteiger partial charge on any atom is -0.497 e. The van der Waals surface area contributed by atoms with Gasteiger partial charge in [0.05, 0.1) is 7.11 Å². The van der Waals surface area contributed by atoms with E-state index < -0.39 is 21.4 Å². The van der Waals surface area contributed by atoms with E-state index in [9.17, 15) is 21.6 Å². The van der Waals surface area contributed by atoms with E-state index in [1.165, 1.54) is 25.3 Å². The van der Waals surface area contributed by atoms with Crippen LogP contribution in [0.2, 0.25) is 0 Å². The monoisotopic (exact) mass is 331 g/mol. The van der Waals surface area contributed by atoms with Gasteiger partial charge in [0.25, 0.3) is 0 Å². The van der Waals surface area contributed by atoms with Crippen molar-refractivity contribution < 1.29 is 30.5 Å². The van der Waals surface area contributed by atoms with E-state index in [-0.39, 0.29) is 10.9 Å². The van der Waals surface area contributed by atoms with Gasteiger partial charge in [0, 0.05) is 5.39 Å². The van der Waals surface area contributed by atoms with E-state index in [0.29, 0.717) is 11.1 Å². The Morgan fingerprint density at radius 2 is 1.86 bits per heavy atom. The Balaban J connectivity index is 2.60. The fraction of sp³-hybridized carbons (Fsp3) is 0.154. The number of hydrogen-bond donors (Lipinski definition) is 0. The average molecular weight is 331 g/mol. The zero-order chi connectivity index (χ0) is 16.5. The van der Waals surface area contributed by atoms with E-state index in [0.717, 1.165) is 6.07 Å². The van der Waals surface area contributed by atoms with Crippen LogP contribution in [0, 0.1) is 11.3 Å². The lowest BCUT2D eigenvalue weighted by atomic mass is 10.0. The van der Waals surface area contributed by atoms with Gasteiger partial charge in [-0.05, 0) is 29.7 Å². The number of benzene rings is 2. The van der Waals surface area contributed by atoms with Crippen LogP contribution in [-0.2, 0) is 10.1 Å². The summed E-state index contributed by atoms with van der Waals surface area (Å²) in [4.78, 5) is 0. The summed E-state index contributed by atoms with van der Waals surface area (Å²) in [6.07, 6.45) is 0. The molecule has 2 aromatic carbocycles. The number of ether oxygens (including phenoxy) is 1. The number of methoxy groups -OCH3 is 1. The van der Waals surface area contributed by atoms with Gasteiger partial charge in [0.15, 0.2) is 5.75 Å². The topological polar surface area (TPSA) is 76.4 Å². The molecule has 116 valence electrons. The van der Waals surface area contributed by atoms with Crippen LogP contribution in [0.4, 0.5) is 13.2 Å². The lowest BCUT2D eigenvalue weighted by molar-refractivity contribution is -0.0500. The third kappa shape index (κ3) is 2.78. The van der Waals surface area contributed by atoms with Crippen LogP contribution in [0.3, 0.4) is 0 Å². The Kier molecular flexibility index (Phi) is 3.89. The Bertz CT molecular complexity index is 869. The Labute approximate surface area is 123 Å². The van der Waals surface area contributed by atoms with Crippen molar-refractivity contribution in [3.05, 3.63) is 35.9 Å². The molecule has 0 aromatic heterocycles. The Hall–Kier alpha value is -2.47. The molecule has 0 radical (unpaired) electrons. The van der Waals surface area contributed by atoms with Gasteiger partial charge >= 0.3 is 15.6 Å². The second-order valence-electron chi connectivity index (χ2n) is 4.12. The molecule has 0 saturated carbocycles. The van der Waals surface area contributed by atoms with Crippen LogP contribution in [0.1, 0.15) is 5.56 Å². The first-order chi connectivity index (χ1) is 10.2. The lowest BCUT2D eigenvalue weighted by Crippen LogP contribution is -2.28. The molecule has 9 heteroatoms. The number of halogens is 3. The lowest BCUT2D eigenvalue weighted by Gasteiger charge is -2.12. The summed E-state index contributed by atoms with van der Waals surface area (Å²) in [5.41, 5.74) is -5.89. The van der Waals surface area contributed by atoms with Gasteiger partial charge < -0.3 is 8.92 Å². The fourth-order valence-electron chi connectivity index (χ4n) is 1.77. The predicted octanol–water partition coefficient (Wildman–Crippen LogP) is 2.95. The summed E-state index contributed by atoms with van der Waals surface area (Å²) in [6, 6.07) is 8.45. The van der Waals surface area contributed by atoms with E-state index in [2.05, 4.69) is 4.18 Å². The standard InChI is InChI=1S/C13H8F3NO4S/c1-20-9-3-4-10-8(6-9)2-5-12(11(10)7-17)21-22(18,19)13(14,15)16/h2-6H,1H3. The molecule has 0 N–H and O–H groups in total. The highest BCUT2D eigenvalue weighted by Gasteiger charge is 2.48. The maximum absolute atomic E-state index is 12.4. The molecular formula is C13H8F3NO4S. The minimum absolute atomic E-state index is 0.248. The van der Waals surface area contributed by atoms with Crippen molar-refractivity contribution in [2.45, 2.75) is 5.51 Å². The molecule has 0 heterocycles. The van der Waals surface area contributed by atoms with Crippen molar-refractivity contribution in [2.75, 3.05) is 7.11 Å². The van der Waals surface area contributed by atoms with Crippen molar-refractivity contribution in [1.29, 1.82) is 5.26 Å². The van der Waals surface area contributed by atoms with E-state index in [4.69, 9.17) is 10.00 Å². The summed E-state index contributed by atoms with van der Waals surface area (Å²) < 4.78 is 68.2. The maximum atomic E-state index is 12.4. The van der Waals surface area contributed by atoms with Crippen LogP contribution >= 0.6 is 0 Å². The quantitative estimate of drug-likeness (QED) is 0.638. The van der Waals surface area contributed by atoms with E-state index in [1.54, 1.807) is 12.1 Å². The second kappa shape index (κ2) is 5.38. The van der Waals surface area contributed by atoms with E-state index in [1.807, 2.05) is 0 Å². The summed E-state index contributed by atoms with van der Waals surface area (Å²) >= 11 is 0. The molecule has 5 nitrogen and oxygen atoms in total. The number of alkyl halides is 3. The average Bonchev–Trinajstić information content (AvgIpc) is 2.45. The highest BCUT2D eigenvalue weighted by atomic mass is 32.2. The first-order valence-corrected chi connectivity index (χ1v) is 7.12. The molecule has 0 spiro atoms. The Morgan fingerprint density at radius 1 is 1.18 bits per heavy atom. The SMILES string of the molecule is COc1ccc2c(C#N)c(OS(=O)(=O)C(F)(F)F)ccc2c1. The number of fused-ring (bicyclic) bond motifs is 1. The maximum Gasteiger partial charge on any atom is 0.534 e. The van der Waals surface area contributed by atoms with Gasteiger partial charge in [0.1, 0.15) is 17.4 Å². The van der Waals surface area contributed by atoms with Crippen molar-refractivity contribution in [3.63, 3.8) is 0 Å². The van der Waals surface area contributed by atoms with Crippen LogP contribution in [0.5, 0.6) is 11.5 Å². The number of nitriles is 1. The zero-order valence-corrected chi connectivity index (χ0v) is 11.8. The predicted molar refractivity (Wildman–Crippen MR) is 70.8 cm³/mol. The highest BCUT2D eigenvalue weighted by Crippen LogP contribution is 2.33. The molecule has 2 aromatic rings. The minimum atomic E-state index is -5.84. The van der Waals surface area contributed by atoms with Crippen LogP contribution in [0.15, 0.2) is 30.3 Å². The molecule has 22 heavy (non-hydrogen) atoms. The summed E-state index contributed by atoms with van der Waals surface area (Å²) in [6.45, 7) is 0. The molecule has 0 bridgehead atoms. The number of nitrogens with zero attached hydrogens (tertiary/aromatic N) is 1. The van der Waals surface area contributed by atoms with E-state index >= 15 is 0 Å². The fourth-order valence-corrected chi connectivity index (χ4v) is 2.23. The third-order valence-electron chi connectivity index (χ3n) is 2.78. The first kappa shape index (κ1) is 15.9. The first-order valence-electron chi connectivity index (χ1n) is 5.71. The van der Waals surface area contributed by atoms with Gasteiger partial charge in [-0.3, -0.25) is 0 Å². The normalized spacial score (nSPS) is 12.0. The molecule has 0 aliphatic heterocycles. The van der Waals surface area contributed by atoms with Crippen molar-refractivity contribution in [2.24, 2.45) is 0 Å². The molecule has 2 rings (SSSR count). The van der Waals surface area contributed by atoms with Gasteiger partial charge in [-0.15, -0.1) is 0 Å². The van der Waals surface area contributed by atoms with Gasteiger partial charge in [-0.1, -0.05) is 6.07 Å². The van der Waals surface area contributed by atoms with Crippen molar-refractivity contribution in [3.8, 4) is 17.6 Å². The number of rotatable bonds is 3. The van der Waals surface area contributed by atoms with Gasteiger partial charge in [-0.2, -0.15) is 26.9 Å². The molecule has 0 aliphatic carbocycles. The Morgan fingerprint density at radius 3 is 2.41 bits per heavy atom. The molecule has 0 unspecified atom stereocenters. The van der Waals surface area contributed by atoms with Crippen LogP contribution < -0.4 is 8.92 Å². The van der Waals surface area contributed by atoms with Crippen LogP contribution in [0.25, 0.3) is 10.8 Å². The summed E-state index contributed by atoms with van der Waals surface area (Å²) in [5.74, 6) is -0.203. The molecular weight excluding hydrogens is 323 g/mol. The summed E-state index contributed by atoms with van der Waals surface area (Å²) in [5, 5.41) is 9.85. The van der Waals surface area contributed by atoms with Crippen molar-refractivity contribution in [1.82, 2.24) is 0 Å². The zero-order valence-electron chi connectivity index (χ0n) is 11.0. The molecule has 0 atom stereocenters. The second-order valence-corrected chi connectivity index (χ2v) is 5.66. The highest BCUT2D eigenvalue weighted by molar-refractivity contribution is 7.88. The molecule has 0 saturated heterocycles. The molecule has 0 aliphatic rings. The molecule has 0 amide bonds. The smallest absolute Gasteiger partial charge is 0.497 e. The van der Waals surface area contributed by atoms with Crippen LogP contribution in [-0.4, -0.2) is 21.0 Å². The largest absolute Gasteiger partial charge is 0.534 e. The van der Waals surface area contributed by atoms with Crippen molar-refractivity contribution >= 4 is 20.9 Å².